The van der Waals surface area contributed by atoms with Crippen molar-refractivity contribution in [2.75, 3.05) is 0 Å². The van der Waals surface area contributed by atoms with Crippen LogP contribution in [0.15, 0.2) is 0 Å². The maximum Gasteiger partial charge on any atom is 0.304 e. The predicted molar refractivity (Wildman–Crippen MR) is 113 cm³/mol. The van der Waals surface area contributed by atoms with Crippen LogP contribution in [0.25, 0.3) is 0 Å². The van der Waals surface area contributed by atoms with Crippen LogP contribution < -0.4 is 0 Å². The Labute approximate surface area is 160 Å². The molecule has 0 N–H and O–H groups in total. The molecule has 0 aromatic carbocycles. The van der Waals surface area contributed by atoms with E-state index in [9.17, 15) is 0 Å². The molecule has 0 unspecified atom stereocenters. The Hall–Kier alpha value is 0.137. The third kappa shape index (κ3) is 13.0. The van der Waals surface area contributed by atoms with Gasteiger partial charge >= 0.3 is 10.0 Å². The minimum absolute atomic E-state index is 0.329. The molecular formula is C22H46O2Si. The van der Waals surface area contributed by atoms with Crippen LogP contribution in [0.3, 0.4) is 0 Å². The lowest BCUT2D eigenvalue weighted by Gasteiger charge is -2.30. The average Bonchev–Trinajstić information content (AvgIpc) is 2.47. The Morgan fingerprint density at radius 3 is 1.08 bits per heavy atom. The van der Waals surface area contributed by atoms with E-state index >= 15 is 0 Å². The van der Waals surface area contributed by atoms with E-state index < -0.39 is 10.0 Å². The van der Waals surface area contributed by atoms with Crippen LogP contribution in [0, 0.1) is 11.8 Å². The van der Waals surface area contributed by atoms with E-state index in [1.54, 1.807) is 25.7 Å². The highest BCUT2D eigenvalue weighted by Crippen LogP contribution is 2.35. The highest BCUT2D eigenvalue weighted by atomic mass is 28.3. The van der Waals surface area contributed by atoms with Gasteiger partial charge in [0.1, 0.15) is 0 Å². The van der Waals surface area contributed by atoms with Gasteiger partial charge in [-0.15, -0.1) is 0 Å². The van der Waals surface area contributed by atoms with E-state index in [-0.39, 0.29) is 0 Å². The van der Waals surface area contributed by atoms with Crippen molar-refractivity contribution in [1.82, 2.24) is 0 Å². The van der Waals surface area contributed by atoms with Crippen molar-refractivity contribution < 1.29 is 8.85 Å². The van der Waals surface area contributed by atoms with Crippen molar-refractivity contribution in [3.8, 4) is 0 Å². The molecule has 0 heterocycles. The van der Waals surface area contributed by atoms with Gasteiger partial charge in [0.05, 0.1) is 0 Å². The van der Waals surface area contributed by atoms with E-state index in [1.807, 2.05) is 27.7 Å². The normalized spacial score (nSPS) is 21.8. The van der Waals surface area contributed by atoms with Crippen molar-refractivity contribution in [3.63, 3.8) is 0 Å². The third-order valence-electron chi connectivity index (χ3n) is 5.77. The van der Waals surface area contributed by atoms with Gasteiger partial charge < -0.3 is 8.85 Å². The van der Waals surface area contributed by atoms with Gasteiger partial charge in [0.2, 0.25) is 0 Å². The maximum atomic E-state index is 5.27. The molecule has 0 bridgehead atoms. The van der Waals surface area contributed by atoms with Gasteiger partial charge in [-0.05, 0) is 39.5 Å². The smallest absolute Gasteiger partial charge is 0.304 e. The summed E-state index contributed by atoms with van der Waals surface area (Å²) in [7, 11) is -0.684. The molecule has 3 heteroatoms. The largest absolute Gasteiger partial charge is 0.396 e. The first-order valence-electron chi connectivity index (χ1n) is 11.3. The van der Waals surface area contributed by atoms with Crippen LogP contribution in [0.2, 0.25) is 0 Å². The van der Waals surface area contributed by atoms with E-state index in [1.165, 1.54) is 64.2 Å². The summed E-state index contributed by atoms with van der Waals surface area (Å²) >= 11 is 0. The quantitative estimate of drug-likeness (QED) is 0.511. The monoisotopic (exact) mass is 370 g/mol. The van der Waals surface area contributed by atoms with Crippen LogP contribution in [0.1, 0.15) is 118 Å². The molecule has 2 fully saturated rings. The molecule has 2 aliphatic carbocycles. The zero-order chi connectivity index (χ0) is 18.3. The third-order valence-corrected chi connectivity index (χ3v) is 7.37. The summed E-state index contributed by atoms with van der Waals surface area (Å²) in [6, 6.07) is 0. The average molecular weight is 371 g/mol. The van der Waals surface area contributed by atoms with E-state index in [2.05, 4.69) is 0 Å². The zero-order valence-corrected chi connectivity index (χ0v) is 19.1. The van der Waals surface area contributed by atoms with Crippen molar-refractivity contribution in [2.24, 2.45) is 11.8 Å². The lowest BCUT2D eigenvalue weighted by Crippen LogP contribution is -2.17. The molecule has 2 rings (SSSR count). The first-order chi connectivity index (χ1) is 12.1. The molecular weight excluding hydrogens is 324 g/mol. The second-order valence-corrected chi connectivity index (χ2v) is 9.66. The SMILES string of the molecule is C1CCCC(C2CCCCCCC2)CCC1.CC(C)O[SiH2]OC(C)C. The summed E-state index contributed by atoms with van der Waals surface area (Å²) in [5.74, 6) is 2.22. The van der Waals surface area contributed by atoms with Gasteiger partial charge in [-0.2, -0.15) is 0 Å². The predicted octanol–water partition coefficient (Wildman–Crippen LogP) is 6.54. The molecule has 0 spiro atoms. The summed E-state index contributed by atoms with van der Waals surface area (Å²) in [5.41, 5.74) is 0. The fourth-order valence-corrected chi connectivity index (χ4v) is 4.85. The second kappa shape index (κ2) is 15.2. The maximum absolute atomic E-state index is 5.27. The summed E-state index contributed by atoms with van der Waals surface area (Å²) in [5, 5.41) is 0. The highest BCUT2D eigenvalue weighted by Gasteiger charge is 2.22. The molecule has 0 radical (unpaired) electrons. The first kappa shape index (κ1) is 23.2. The Kier molecular flexibility index (Phi) is 14.1. The highest BCUT2D eigenvalue weighted by molar-refractivity contribution is 6.18. The molecule has 0 aromatic heterocycles. The van der Waals surface area contributed by atoms with Crippen LogP contribution >= 0.6 is 0 Å². The number of hydrogen-bond acceptors (Lipinski definition) is 2. The summed E-state index contributed by atoms with van der Waals surface area (Å²) in [6.07, 6.45) is 22.1. The standard InChI is InChI=1S/C16H30.C6H16O2Si/c1-3-7-11-15(12-8-4-1)16-13-9-5-2-6-10-14-16;1-5(2)7-9-8-6(3)4/h15-16H,1-14H2;5-6H,9H2,1-4H3. The minimum Gasteiger partial charge on any atom is -0.396 e. The lowest BCUT2D eigenvalue weighted by molar-refractivity contribution is 0.152. The van der Waals surface area contributed by atoms with Gasteiger partial charge in [-0.25, -0.2) is 0 Å². The van der Waals surface area contributed by atoms with Gasteiger partial charge in [-0.1, -0.05) is 89.9 Å². The summed E-state index contributed by atoms with van der Waals surface area (Å²) < 4.78 is 10.5. The Bertz CT molecular complexity index is 250. The van der Waals surface area contributed by atoms with E-state index in [0.717, 1.165) is 11.8 Å². The van der Waals surface area contributed by atoms with Crippen molar-refractivity contribution in [2.45, 2.75) is 130 Å². The molecule has 2 nitrogen and oxygen atoms in total. The number of rotatable bonds is 5. The molecule has 2 saturated carbocycles. The number of hydrogen-bond donors (Lipinski definition) is 0. The van der Waals surface area contributed by atoms with E-state index in [0.29, 0.717) is 12.2 Å². The van der Waals surface area contributed by atoms with Gasteiger partial charge in [0.15, 0.2) is 0 Å². The van der Waals surface area contributed by atoms with E-state index in [4.69, 9.17) is 8.85 Å². The van der Waals surface area contributed by atoms with Crippen LogP contribution in [0.4, 0.5) is 0 Å². The molecule has 0 aromatic rings. The van der Waals surface area contributed by atoms with Crippen molar-refractivity contribution >= 4 is 10.0 Å². The summed E-state index contributed by atoms with van der Waals surface area (Å²) in [4.78, 5) is 0. The zero-order valence-electron chi connectivity index (χ0n) is 17.7. The first-order valence-corrected chi connectivity index (χ1v) is 12.5. The molecule has 0 atom stereocenters. The Morgan fingerprint density at radius 1 is 0.520 bits per heavy atom. The molecule has 0 saturated heterocycles. The molecule has 25 heavy (non-hydrogen) atoms. The molecule has 0 amide bonds. The fraction of sp³-hybridized carbons (Fsp3) is 1.00. The Balaban J connectivity index is 0.000000299. The molecule has 2 aliphatic rings. The van der Waals surface area contributed by atoms with Crippen LogP contribution in [-0.4, -0.2) is 22.2 Å². The lowest BCUT2D eigenvalue weighted by atomic mass is 9.76. The Morgan fingerprint density at radius 2 is 0.800 bits per heavy atom. The van der Waals surface area contributed by atoms with Gasteiger partial charge in [-0.3, -0.25) is 0 Å². The van der Waals surface area contributed by atoms with Gasteiger partial charge in [0.25, 0.3) is 0 Å². The topological polar surface area (TPSA) is 18.5 Å². The second-order valence-electron chi connectivity index (χ2n) is 8.76. The van der Waals surface area contributed by atoms with Crippen molar-refractivity contribution in [3.05, 3.63) is 0 Å². The molecule has 0 aliphatic heterocycles. The van der Waals surface area contributed by atoms with Crippen LogP contribution in [-0.2, 0) is 8.85 Å². The van der Waals surface area contributed by atoms with Crippen LogP contribution in [0.5, 0.6) is 0 Å². The van der Waals surface area contributed by atoms with Crippen molar-refractivity contribution in [1.29, 1.82) is 0 Å². The summed E-state index contributed by atoms with van der Waals surface area (Å²) in [6.45, 7) is 8.10. The minimum atomic E-state index is -0.684. The molecule has 150 valence electrons. The van der Waals surface area contributed by atoms with Gasteiger partial charge in [0, 0.05) is 12.2 Å². The fourth-order valence-electron chi connectivity index (χ4n) is 4.23.